The highest BCUT2D eigenvalue weighted by Gasteiger charge is 2.54. The molecule has 0 heterocycles. The number of nitrogens with zero attached hydrogens (tertiary/aromatic N) is 1. The summed E-state index contributed by atoms with van der Waals surface area (Å²) in [6.45, 7) is -0.467. The largest absolute Gasteiger partial charge is 0.468 e. The van der Waals surface area contributed by atoms with Gasteiger partial charge >= 0.3 is 5.97 Å². The van der Waals surface area contributed by atoms with Gasteiger partial charge in [0.15, 0.2) is 5.78 Å². The number of rotatable bonds is 5. The van der Waals surface area contributed by atoms with Crippen LogP contribution in [0.1, 0.15) is 43.6 Å². The summed E-state index contributed by atoms with van der Waals surface area (Å²) in [5, 5.41) is 11.2. The average Bonchev–Trinajstić information content (AvgIpc) is 2.75. The van der Waals surface area contributed by atoms with Crippen molar-refractivity contribution in [3.8, 4) is 0 Å². The van der Waals surface area contributed by atoms with E-state index < -0.39 is 28.8 Å². The molecular formula is C17H21NO5. The van der Waals surface area contributed by atoms with Crippen molar-refractivity contribution in [3.05, 3.63) is 46.0 Å². The number of hydrogen-bond donors (Lipinski definition) is 0. The first-order valence-corrected chi connectivity index (χ1v) is 7.81. The highest BCUT2D eigenvalue weighted by Crippen LogP contribution is 2.45. The monoisotopic (exact) mass is 319 g/mol. The Morgan fingerprint density at radius 1 is 1.30 bits per heavy atom. The molecule has 0 N–H and O–H groups in total. The van der Waals surface area contributed by atoms with Crippen molar-refractivity contribution in [2.24, 2.45) is 5.41 Å². The van der Waals surface area contributed by atoms with Crippen molar-refractivity contribution in [3.63, 3.8) is 0 Å². The topological polar surface area (TPSA) is 86.5 Å². The van der Waals surface area contributed by atoms with Crippen LogP contribution < -0.4 is 0 Å². The van der Waals surface area contributed by atoms with Gasteiger partial charge in [-0.05, 0) is 18.4 Å². The SMILES string of the molecule is COC(=O)C1([C@@H](C[N+](=O)[O-])c2ccccc2)CCCCCC1=O. The fourth-order valence-corrected chi connectivity index (χ4v) is 3.52. The van der Waals surface area contributed by atoms with Crippen molar-refractivity contribution >= 4 is 11.8 Å². The van der Waals surface area contributed by atoms with E-state index in [9.17, 15) is 19.7 Å². The van der Waals surface area contributed by atoms with Gasteiger partial charge in [-0.3, -0.25) is 19.7 Å². The second kappa shape index (κ2) is 7.35. The molecule has 1 fully saturated rings. The molecule has 2 atom stereocenters. The standard InChI is InChI=1S/C17H21NO5/c1-23-16(20)17(11-7-3-6-10-15(17)19)14(12-18(21)22)13-8-4-2-5-9-13/h2,4-5,8-9,14H,3,6-7,10-12H2,1H3/t14-,17?/m0/s1. The fraction of sp³-hybridized carbons (Fsp3) is 0.529. The Morgan fingerprint density at radius 3 is 2.61 bits per heavy atom. The lowest BCUT2D eigenvalue weighted by molar-refractivity contribution is -0.485. The third kappa shape index (κ3) is 3.41. The summed E-state index contributed by atoms with van der Waals surface area (Å²) >= 11 is 0. The Morgan fingerprint density at radius 2 is 2.00 bits per heavy atom. The van der Waals surface area contributed by atoms with Crippen LogP contribution in [0.15, 0.2) is 30.3 Å². The van der Waals surface area contributed by atoms with E-state index in [4.69, 9.17) is 4.74 Å². The molecule has 1 aromatic carbocycles. The number of methoxy groups -OCH3 is 1. The number of nitro groups is 1. The third-order valence-electron chi connectivity index (χ3n) is 4.65. The van der Waals surface area contributed by atoms with Crippen molar-refractivity contribution in [2.75, 3.05) is 13.7 Å². The fourth-order valence-electron chi connectivity index (χ4n) is 3.52. The molecule has 0 aromatic heterocycles. The van der Waals surface area contributed by atoms with E-state index in [1.54, 1.807) is 30.3 Å². The highest BCUT2D eigenvalue weighted by molar-refractivity contribution is 6.05. The number of Topliss-reactive ketones (excluding diaryl/α,β-unsaturated/α-hetero) is 1. The zero-order valence-corrected chi connectivity index (χ0v) is 13.2. The molecule has 1 aromatic rings. The van der Waals surface area contributed by atoms with E-state index in [-0.39, 0.29) is 12.2 Å². The molecule has 1 aliphatic rings. The zero-order chi connectivity index (χ0) is 16.9. The van der Waals surface area contributed by atoms with E-state index in [0.717, 1.165) is 6.42 Å². The average molecular weight is 319 g/mol. The van der Waals surface area contributed by atoms with Crippen LogP contribution in [0, 0.1) is 15.5 Å². The molecule has 0 saturated heterocycles. The minimum Gasteiger partial charge on any atom is -0.468 e. The van der Waals surface area contributed by atoms with Gasteiger partial charge in [-0.1, -0.05) is 43.2 Å². The molecule has 1 unspecified atom stereocenters. The molecule has 0 aliphatic heterocycles. The number of hydrogen-bond acceptors (Lipinski definition) is 5. The maximum absolute atomic E-state index is 12.8. The Hall–Kier alpha value is -2.24. The predicted octanol–water partition coefficient (Wildman–Crippen LogP) is 2.74. The molecule has 0 radical (unpaired) electrons. The van der Waals surface area contributed by atoms with Crippen LogP contribution >= 0.6 is 0 Å². The van der Waals surface area contributed by atoms with E-state index in [0.29, 0.717) is 24.8 Å². The molecule has 0 spiro atoms. The third-order valence-corrected chi connectivity index (χ3v) is 4.65. The summed E-state index contributed by atoms with van der Waals surface area (Å²) in [4.78, 5) is 36.1. The normalized spacial score (nSPS) is 22.9. The van der Waals surface area contributed by atoms with E-state index in [2.05, 4.69) is 0 Å². The summed E-state index contributed by atoms with van der Waals surface area (Å²) in [6, 6.07) is 8.78. The maximum atomic E-state index is 12.8. The van der Waals surface area contributed by atoms with E-state index in [1.165, 1.54) is 7.11 Å². The molecule has 124 valence electrons. The van der Waals surface area contributed by atoms with Crippen LogP contribution in [-0.2, 0) is 14.3 Å². The molecule has 0 amide bonds. The Bertz CT molecular complexity index is 586. The highest BCUT2D eigenvalue weighted by atomic mass is 16.6. The molecule has 1 saturated carbocycles. The van der Waals surface area contributed by atoms with Gasteiger partial charge in [0.05, 0.1) is 13.0 Å². The quantitative estimate of drug-likeness (QED) is 0.274. The summed E-state index contributed by atoms with van der Waals surface area (Å²) in [6.07, 6.45) is 2.78. The van der Waals surface area contributed by atoms with Crippen molar-refractivity contribution in [2.45, 2.75) is 38.0 Å². The number of benzene rings is 1. The van der Waals surface area contributed by atoms with Crippen molar-refractivity contribution < 1.29 is 19.2 Å². The van der Waals surface area contributed by atoms with Gasteiger partial charge in [0.2, 0.25) is 6.54 Å². The van der Waals surface area contributed by atoms with Crippen LogP contribution in [0.4, 0.5) is 0 Å². The summed E-state index contributed by atoms with van der Waals surface area (Å²) in [5.74, 6) is -1.70. The number of esters is 1. The minimum absolute atomic E-state index is 0.238. The van der Waals surface area contributed by atoms with Crippen LogP contribution in [0.25, 0.3) is 0 Å². The predicted molar refractivity (Wildman–Crippen MR) is 83.6 cm³/mol. The van der Waals surface area contributed by atoms with Crippen LogP contribution in [0.3, 0.4) is 0 Å². The Labute approximate surface area is 135 Å². The molecule has 6 heteroatoms. The summed E-state index contributed by atoms with van der Waals surface area (Å²) in [7, 11) is 1.23. The summed E-state index contributed by atoms with van der Waals surface area (Å²) < 4.78 is 4.92. The van der Waals surface area contributed by atoms with Gasteiger partial charge < -0.3 is 4.74 Å². The summed E-state index contributed by atoms with van der Waals surface area (Å²) in [5.41, 5.74) is -0.829. The van der Waals surface area contributed by atoms with E-state index >= 15 is 0 Å². The smallest absolute Gasteiger partial charge is 0.320 e. The number of carbonyl (C=O) groups excluding carboxylic acids is 2. The van der Waals surface area contributed by atoms with Crippen molar-refractivity contribution in [1.82, 2.24) is 0 Å². The molecule has 1 aliphatic carbocycles. The molecular weight excluding hydrogens is 298 g/mol. The minimum atomic E-state index is -1.46. The van der Waals surface area contributed by atoms with Gasteiger partial charge in [0.1, 0.15) is 5.41 Å². The van der Waals surface area contributed by atoms with Gasteiger partial charge in [0, 0.05) is 11.3 Å². The first kappa shape index (κ1) is 17.1. The van der Waals surface area contributed by atoms with Gasteiger partial charge in [0.25, 0.3) is 0 Å². The lowest BCUT2D eigenvalue weighted by atomic mass is 9.66. The van der Waals surface area contributed by atoms with E-state index in [1.807, 2.05) is 0 Å². The van der Waals surface area contributed by atoms with Gasteiger partial charge in [-0.25, -0.2) is 0 Å². The second-order valence-corrected chi connectivity index (χ2v) is 5.93. The maximum Gasteiger partial charge on any atom is 0.320 e. The number of ether oxygens (including phenoxy) is 1. The Kier molecular flexibility index (Phi) is 5.47. The number of ketones is 1. The lowest BCUT2D eigenvalue weighted by Crippen LogP contribution is -2.47. The molecule has 0 bridgehead atoms. The van der Waals surface area contributed by atoms with Crippen molar-refractivity contribution in [1.29, 1.82) is 0 Å². The first-order chi connectivity index (χ1) is 11.0. The zero-order valence-electron chi connectivity index (χ0n) is 13.2. The van der Waals surface area contributed by atoms with Crippen LogP contribution in [0.5, 0.6) is 0 Å². The Balaban J connectivity index is 2.58. The first-order valence-electron chi connectivity index (χ1n) is 7.81. The number of carbonyl (C=O) groups is 2. The molecule has 2 rings (SSSR count). The van der Waals surface area contributed by atoms with Crippen LogP contribution in [-0.4, -0.2) is 30.3 Å². The van der Waals surface area contributed by atoms with Gasteiger partial charge in [-0.2, -0.15) is 0 Å². The lowest BCUT2D eigenvalue weighted by Gasteiger charge is -2.34. The van der Waals surface area contributed by atoms with Gasteiger partial charge in [-0.15, -0.1) is 0 Å². The van der Waals surface area contributed by atoms with Crippen LogP contribution in [0.2, 0.25) is 0 Å². The second-order valence-electron chi connectivity index (χ2n) is 5.93. The molecule has 6 nitrogen and oxygen atoms in total. The molecule has 23 heavy (non-hydrogen) atoms.